The summed E-state index contributed by atoms with van der Waals surface area (Å²) in [5, 5.41) is 3.06. The summed E-state index contributed by atoms with van der Waals surface area (Å²) < 4.78 is 29.9. The highest BCUT2D eigenvalue weighted by Gasteiger charge is 2.16. The number of hydrogen-bond donors (Lipinski definition) is 2. The summed E-state index contributed by atoms with van der Waals surface area (Å²) in [6, 6.07) is 4.82. The second-order valence-electron chi connectivity index (χ2n) is 5.01. The molecule has 1 aliphatic carbocycles. The van der Waals surface area contributed by atoms with Gasteiger partial charge in [-0.1, -0.05) is 22.4 Å². The van der Waals surface area contributed by atoms with Crippen molar-refractivity contribution in [1.82, 2.24) is 5.32 Å². The Hall–Kier alpha value is -0.640. The van der Waals surface area contributed by atoms with Crippen LogP contribution in [0.5, 0.6) is 5.75 Å². The van der Waals surface area contributed by atoms with Gasteiger partial charge in [-0.05, 0) is 37.0 Å². The van der Waals surface area contributed by atoms with Crippen molar-refractivity contribution in [3.63, 3.8) is 0 Å². The van der Waals surface area contributed by atoms with Gasteiger partial charge in [0.1, 0.15) is 5.75 Å². The maximum Gasteiger partial charge on any atom is 0.387 e. The first-order chi connectivity index (χ1) is 10.0. The predicted octanol–water partition coefficient (Wildman–Crippen LogP) is 3.87. The highest BCUT2D eigenvalue weighted by molar-refractivity contribution is 14.0. The number of nitrogens with two attached hydrogens (primary N) is 1. The molecule has 0 heterocycles. The molecule has 1 saturated carbocycles. The van der Waals surface area contributed by atoms with Gasteiger partial charge in [-0.25, -0.2) is 4.99 Å². The molecular formula is C14H19BrF2IN3O. The van der Waals surface area contributed by atoms with E-state index in [1.54, 1.807) is 12.1 Å². The molecule has 22 heavy (non-hydrogen) atoms. The summed E-state index contributed by atoms with van der Waals surface area (Å²) in [6.07, 6.45) is 3.71. The molecule has 1 aliphatic rings. The highest BCUT2D eigenvalue weighted by atomic mass is 127. The number of alkyl halides is 2. The van der Waals surface area contributed by atoms with Crippen molar-refractivity contribution in [2.24, 2.45) is 16.6 Å². The fraction of sp³-hybridized carbons (Fsp3) is 0.500. The minimum atomic E-state index is -2.86. The minimum Gasteiger partial charge on any atom is -0.434 e. The number of ether oxygens (including phenoxy) is 1. The number of benzene rings is 1. The molecule has 8 heteroatoms. The zero-order valence-electron chi connectivity index (χ0n) is 11.9. The molecule has 0 atom stereocenters. The van der Waals surface area contributed by atoms with Crippen molar-refractivity contribution >= 4 is 45.9 Å². The largest absolute Gasteiger partial charge is 0.434 e. The van der Waals surface area contributed by atoms with E-state index < -0.39 is 6.61 Å². The lowest BCUT2D eigenvalue weighted by Gasteiger charge is -2.25. The van der Waals surface area contributed by atoms with E-state index in [2.05, 4.69) is 31.0 Å². The quantitative estimate of drug-likeness (QED) is 0.362. The van der Waals surface area contributed by atoms with Crippen LogP contribution in [-0.2, 0) is 6.54 Å². The topological polar surface area (TPSA) is 59.6 Å². The molecule has 1 aromatic carbocycles. The molecule has 0 aromatic heterocycles. The van der Waals surface area contributed by atoms with Crippen LogP contribution in [0, 0.1) is 5.92 Å². The van der Waals surface area contributed by atoms with Crippen LogP contribution in [0.4, 0.5) is 8.78 Å². The van der Waals surface area contributed by atoms with Crippen LogP contribution < -0.4 is 15.8 Å². The second-order valence-corrected chi connectivity index (χ2v) is 5.93. The van der Waals surface area contributed by atoms with Gasteiger partial charge in [-0.15, -0.1) is 24.0 Å². The van der Waals surface area contributed by atoms with Gasteiger partial charge >= 0.3 is 6.61 Å². The van der Waals surface area contributed by atoms with Gasteiger partial charge in [0.05, 0.1) is 6.54 Å². The monoisotopic (exact) mass is 489 g/mol. The molecule has 124 valence electrons. The summed E-state index contributed by atoms with van der Waals surface area (Å²) in [5.74, 6) is 1.11. The SMILES string of the molecule is I.NC(=NCc1cc(Br)ccc1OC(F)F)NCC1CCC1. The molecular weight excluding hydrogens is 471 g/mol. The van der Waals surface area contributed by atoms with Gasteiger partial charge in [0.15, 0.2) is 5.96 Å². The van der Waals surface area contributed by atoms with E-state index in [4.69, 9.17) is 5.73 Å². The predicted molar refractivity (Wildman–Crippen MR) is 96.9 cm³/mol. The van der Waals surface area contributed by atoms with Crippen molar-refractivity contribution in [3.8, 4) is 5.75 Å². The molecule has 3 N–H and O–H groups in total. The molecule has 0 radical (unpaired) electrons. The van der Waals surface area contributed by atoms with Gasteiger partial charge in [0.2, 0.25) is 0 Å². The van der Waals surface area contributed by atoms with E-state index in [0.717, 1.165) is 11.0 Å². The third-order valence-electron chi connectivity index (χ3n) is 3.45. The first-order valence-electron chi connectivity index (χ1n) is 6.81. The Morgan fingerprint density at radius 2 is 2.18 bits per heavy atom. The van der Waals surface area contributed by atoms with E-state index in [0.29, 0.717) is 17.4 Å². The third kappa shape index (κ3) is 6.23. The summed E-state index contributed by atoms with van der Waals surface area (Å²) in [7, 11) is 0. The number of nitrogens with zero attached hydrogens (tertiary/aromatic N) is 1. The zero-order chi connectivity index (χ0) is 15.2. The number of nitrogens with one attached hydrogen (secondary N) is 1. The lowest BCUT2D eigenvalue weighted by molar-refractivity contribution is -0.0504. The van der Waals surface area contributed by atoms with Crippen molar-refractivity contribution in [3.05, 3.63) is 28.2 Å². The molecule has 0 spiro atoms. The van der Waals surface area contributed by atoms with E-state index >= 15 is 0 Å². The second kappa shape index (κ2) is 9.49. The molecule has 1 aromatic rings. The Balaban J connectivity index is 0.00000242. The van der Waals surface area contributed by atoms with Crippen molar-refractivity contribution in [2.45, 2.75) is 32.4 Å². The summed E-state index contributed by atoms with van der Waals surface area (Å²) in [4.78, 5) is 4.17. The summed E-state index contributed by atoms with van der Waals surface area (Å²) >= 11 is 3.30. The fourth-order valence-corrected chi connectivity index (χ4v) is 2.46. The van der Waals surface area contributed by atoms with Crippen LogP contribution in [-0.4, -0.2) is 19.1 Å². The number of rotatable bonds is 6. The molecule has 2 rings (SSSR count). The van der Waals surface area contributed by atoms with Gasteiger partial charge in [-0.3, -0.25) is 0 Å². The Kier molecular flexibility index (Phi) is 8.37. The fourth-order valence-electron chi connectivity index (χ4n) is 2.05. The Morgan fingerprint density at radius 1 is 1.45 bits per heavy atom. The van der Waals surface area contributed by atoms with E-state index in [-0.39, 0.29) is 36.3 Å². The molecule has 0 amide bonds. The van der Waals surface area contributed by atoms with Crippen LogP contribution in [0.25, 0.3) is 0 Å². The lowest BCUT2D eigenvalue weighted by atomic mass is 9.85. The summed E-state index contributed by atoms with van der Waals surface area (Å²) in [6.45, 7) is -1.86. The zero-order valence-corrected chi connectivity index (χ0v) is 15.8. The van der Waals surface area contributed by atoms with Gasteiger partial charge < -0.3 is 15.8 Å². The maximum atomic E-state index is 12.3. The molecule has 1 fully saturated rings. The van der Waals surface area contributed by atoms with Crippen LogP contribution in [0.3, 0.4) is 0 Å². The van der Waals surface area contributed by atoms with E-state index in [9.17, 15) is 8.78 Å². The lowest BCUT2D eigenvalue weighted by Crippen LogP contribution is -2.37. The van der Waals surface area contributed by atoms with Crippen LogP contribution in [0.2, 0.25) is 0 Å². The average molecular weight is 490 g/mol. The Labute approximate surface area is 154 Å². The maximum absolute atomic E-state index is 12.3. The molecule has 0 aliphatic heterocycles. The van der Waals surface area contributed by atoms with Crippen LogP contribution in [0.1, 0.15) is 24.8 Å². The van der Waals surface area contributed by atoms with Crippen molar-refractivity contribution in [2.75, 3.05) is 6.54 Å². The van der Waals surface area contributed by atoms with Crippen molar-refractivity contribution in [1.29, 1.82) is 0 Å². The molecule has 0 unspecified atom stereocenters. The molecule has 4 nitrogen and oxygen atoms in total. The van der Waals surface area contributed by atoms with Crippen LogP contribution >= 0.6 is 39.9 Å². The minimum absolute atomic E-state index is 0. The van der Waals surface area contributed by atoms with Crippen molar-refractivity contribution < 1.29 is 13.5 Å². The summed E-state index contributed by atoms with van der Waals surface area (Å²) in [5.41, 5.74) is 6.33. The highest BCUT2D eigenvalue weighted by Crippen LogP contribution is 2.26. The Bertz CT molecular complexity index is 513. The Morgan fingerprint density at radius 3 is 2.77 bits per heavy atom. The first kappa shape index (κ1) is 19.4. The number of guanidine groups is 1. The first-order valence-corrected chi connectivity index (χ1v) is 7.61. The number of aliphatic imine (C=N–C) groups is 1. The smallest absolute Gasteiger partial charge is 0.387 e. The van der Waals surface area contributed by atoms with E-state index in [1.807, 2.05) is 0 Å². The normalized spacial score (nSPS) is 15.2. The molecule has 0 bridgehead atoms. The van der Waals surface area contributed by atoms with Crippen LogP contribution in [0.15, 0.2) is 27.7 Å². The number of halogens is 4. The third-order valence-corrected chi connectivity index (χ3v) is 3.95. The average Bonchev–Trinajstić information content (AvgIpc) is 2.36. The van der Waals surface area contributed by atoms with Gasteiger partial charge in [0.25, 0.3) is 0 Å². The molecule has 0 saturated heterocycles. The standard InChI is InChI=1S/C14H18BrF2N3O.HI/c15-11-4-5-12(21-13(16)17)10(6-11)8-20-14(18)19-7-9-2-1-3-9;/h4-6,9,13H,1-3,7-8H2,(H3,18,19,20);1H. The van der Waals surface area contributed by atoms with E-state index in [1.165, 1.54) is 25.3 Å². The van der Waals surface area contributed by atoms with Gasteiger partial charge in [0, 0.05) is 16.6 Å². The van der Waals surface area contributed by atoms with Gasteiger partial charge in [-0.2, -0.15) is 8.78 Å². The number of hydrogen-bond acceptors (Lipinski definition) is 2.